The van der Waals surface area contributed by atoms with Crippen LogP contribution in [-0.4, -0.2) is 29.9 Å². The number of nitro groups is 1. The molecule has 0 unspecified atom stereocenters. The molecule has 1 aliphatic heterocycles. The summed E-state index contributed by atoms with van der Waals surface area (Å²) in [5, 5.41) is 13.7. The van der Waals surface area contributed by atoms with E-state index in [-0.39, 0.29) is 24.1 Å². The molecule has 2 amide bonds. The van der Waals surface area contributed by atoms with Crippen LogP contribution in [0.3, 0.4) is 0 Å². The van der Waals surface area contributed by atoms with Crippen molar-refractivity contribution in [1.82, 2.24) is 0 Å². The zero-order valence-corrected chi connectivity index (χ0v) is 16.8. The number of nitro benzene ring substituents is 1. The highest BCUT2D eigenvalue weighted by molar-refractivity contribution is 6.05. The van der Waals surface area contributed by atoms with Gasteiger partial charge in [0, 0.05) is 35.5 Å². The van der Waals surface area contributed by atoms with Crippen molar-refractivity contribution >= 4 is 28.9 Å². The number of hydrogen-bond acceptors (Lipinski definition) is 5. The van der Waals surface area contributed by atoms with E-state index in [0.717, 1.165) is 0 Å². The van der Waals surface area contributed by atoms with Crippen molar-refractivity contribution in [3.63, 3.8) is 0 Å². The van der Waals surface area contributed by atoms with E-state index < -0.39 is 10.3 Å². The van der Waals surface area contributed by atoms with Crippen molar-refractivity contribution in [2.75, 3.05) is 23.4 Å². The number of carbonyl (C=O) groups excluding carboxylic acids is 2. The number of anilines is 2. The zero-order valence-electron chi connectivity index (χ0n) is 16.8. The maximum absolute atomic E-state index is 12.7. The maximum Gasteiger partial charge on any atom is 0.272 e. The molecule has 29 heavy (non-hydrogen) atoms. The molecule has 0 atom stereocenters. The Labute approximate surface area is 168 Å². The lowest BCUT2D eigenvalue weighted by Gasteiger charge is -2.26. The topological polar surface area (TPSA) is 102 Å². The first-order valence-corrected chi connectivity index (χ1v) is 9.29. The summed E-state index contributed by atoms with van der Waals surface area (Å²) in [5.74, 6) is 0.112. The van der Waals surface area contributed by atoms with Crippen LogP contribution in [0.2, 0.25) is 0 Å². The average molecular weight is 397 g/mol. The lowest BCUT2D eigenvalue weighted by Crippen LogP contribution is -2.42. The van der Waals surface area contributed by atoms with Crippen molar-refractivity contribution in [3.8, 4) is 5.75 Å². The van der Waals surface area contributed by atoms with Crippen molar-refractivity contribution < 1.29 is 19.2 Å². The molecule has 8 heteroatoms. The second-order valence-corrected chi connectivity index (χ2v) is 7.62. The standard InChI is InChI=1S/C21H23N3O5/c1-5-23-17-9-7-15(11-18(17)29-12-21(3,4)20(23)26)22-19(25)14-6-8-16(24(27)28)13(2)10-14/h6-11H,5,12H2,1-4H3,(H,22,25). The first-order chi connectivity index (χ1) is 13.6. The molecule has 0 saturated carbocycles. The number of aryl methyl sites for hydroxylation is 1. The van der Waals surface area contributed by atoms with Crippen LogP contribution >= 0.6 is 0 Å². The minimum absolute atomic E-state index is 0.0168. The van der Waals surface area contributed by atoms with Gasteiger partial charge < -0.3 is 15.0 Å². The second kappa shape index (κ2) is 7.54. The highest BCUT2D eigenvalue weighted by Crippen LogP contribution is 2.38. The zero-order chi connectivity index (χ0) is 21.3. The molecule has 2 aromatic rings. The van der Waals surface area contributed by atoms with Crippen LogP contribution in [0.1, 0.15) is 36.7 Å². The summed E-state index contributed by atoms with van der Waals surface area (Å²) in [7, 11) is 0. The van der Waals surface area contributed by atoms with Crippen LogP contribution in [0, 0.1) is 22.5 Å². The van der Waals surface area contributed by atoms with E-state index in [1.165, 1.54) is 18.2 Å². The van der Waals surface area contributed by atoms with E-state index >= 15 is 0 Å². The van der Waals surface area contributed by atoms with Gasteiger partial charge >= 0.3 is 0 Å². The largest absolute Gasteiger partial charge is 0.490 e. The van der Waals surface area contributed by atoms with Gasteiger partial charge in [0.05, 0.1) is 16.0 Å². The van der Waals surface area contributed by atoms with E-state index in [1.54, 1.807) is 30.0 Å². The van der Waals surface area contributed by atoms with Crippen molar-refractivity contribution in [1.29, 1.82) is 0 Å². The highest BCUT2D eigenvalue weighted by Gasteiger charge is 2.37. The van der Waals surface area contributed by atoms with Gasteiger partial charge in [-0.25, -0.2) is 0 Å². The Bertz CT molecular complexity index is 1000. The van der Waals surface area contributed by atoms with Crippen LogP contribution in [0.25, 0.3) is 0 Å². The second-order valence-electron chi connectivity index (χ2n) is 7.62. The number of carbonyl (C=O) groups is 2. The van der Waals surface area contributed by atoms with E-state index in [4.69, 9.17) is 4.74 Å². The lowest BCUT2D eigenvalue weighted by atomic mass is 9.93. The Morgan fingerprint density at radius 2 is 2.00 bits per heavy atom. The molecule has 152 valence electrons. The molecular weight excluding hydrogens is 374 g/mol. The summed E-state index contributed by atoms with van der Waals surface area (Å²) in [5.41, 5.74) is 1.20. The number of rotatable bonds is 4. The molecule has 0 spiro atoms. The van der Waals surface area contributed by atoms with Crippen molar-refractivity contribution in [3.05, 3.63) is 57.6 Å². The van der Waals surface area contributed by atoms with E-state index in [2.05, 4.69) is 5.32 Å². The fourth-order valence-corrected chi connectivity index (χ4v) is 3.24. The minimum Gasteiger partial charge on any atom is -0.490 e. The van der Waals surface area contributed by atoms with Crippen LogP contribution in [0.5, 0.6) is 5.75 Å². The first-order valence-electron chi connectivity index (χ1n) is 9.29. The third-order valence-electron chi connectivity index (χ3n) is 4.89. The Morgan fingerprint density at radius 3 is 2.62 bits per heavy atom. The number of ether oxygens (including phenoxy) is 1. The fraction of sp³-hybridized carbons (Fsp3) is 0.333. The van der Waals surface area contributed by atoms with Gasteiger partial charge in [-0.1, -0.05) is 0 Å². The van der Waals surface area contributed by atoms with Crippen LogP contribution in [0.4, 0.5) is 17.1 Å². The van der Waals surface area contributed by atoms with E-state index in [9.17, 15) is 19.7 Å². The predicted molar refractivity (Wildman–Crippen MR) is 110 cm³/mol. The molecule has 0 aliphatic carbocycles. The fourth-order valence-electron chi connectivity index (χ4n) is 3.24. The summed E-state index contributed by atoms with van der Waals surface area (Å²) < 4.78 is 5.87. The number of benzene rings is 2. The number of nitrogens with one attached hydrogen (secondary N) is 1. The third kappa shape index (κ3) is 3.91. The minimum atomic E-state index is -0.658. The Balaban J connectivity index is 1.86. The van der Waals surface area contributed by atoms with Gasteiger partial charge in [0.15, 0.2) is 0 Å². The molecular formula is C21H23N3O5. The van der Waals surface area contributed by atoms with Gasteiger partial charge in [-0.15, -0.1) is 0 Å². The number of hydrogen-bond donors (Lipinski definition) is 1. The molecule has 0 bridgehead atoms. The molecule has 1 heterocycles. The van der Waals surface area contributed by atoms with Gasteiger partial charge in [0.25, 0.3) is 11.6 Å². The normalized spacial score (nSPS) is 15.2. The van der Waals surface area contributed by atoms with Gasteiger partial charge in [-0.3, -0.25) is 19.7 Å². The smallest absolute Gasteiger partial charge is 0.272 e. The molecule has 2 aromatic carbocycles. The predicted octanol–water partition coefficient (Wildman–Crippen LogP) is 3.93. The highest BCUT2D eigenvalue weighted by atomic mass is 16.6. The molecule has 0 radical (unpaired) electrons. The maximum atomic E-state index is 12.7. The third-order valence-corrected chi connectivity index (χ3v) is 4.89. The number of amides is 2. The van der Waals surface area contributed by atoms with Crippen LogP contribution < -0.4 is 15.0 Å². The Kier molecular flexibility index (Phi) is 5.28. The number of nitrogens with zero attached hydrogens (tertiary/aromatic N) is 2. The first kappa shape index (κ1) is 20.3. The quantitative estimate of drug-likeness (QED) is 0.622. The average Bonchev–Trinajstić information content (AvgIpc) is 2.76. The molecule has 1 N–H and O–H groups in total. The van der Waals surface area contributed by atoms with Crippen LogP contribution in [-0.2, 0) is 4.79 Å². The summed E-state index contributed by atoms with van der Waals surface area (Å²) >= 11 is 0. The molecule has 3 rings (SSSR count). The lowest BCUT2D eigenvalue weighted by molar-refractivity contribution is -0.385. The van der Waals surface area contributed by atoms with E-state index in [1.807, 2.05) is 20.8 Å². The van der Waals surface area contributed by atoms with Crippen LogP contribution in [0.15, 0.2) is 36.4 Å². The van der Waals surface area contributed by atoms with Gasteiger partial charge in [0.2, 0.25) is 5.91 Å². The Morgan fingerprint density at radius 1 is 1.28 bits per heavy atom. The summed E-state index contributed by atoms with van der Waals surface area (Å²) in [4.78, 5) is 37.4. The summed E-state index contributed by atoms with van der Waals surface area (Å²) in [6.45, 7) is 7.90. The van der Waals surface area contributed by atoms with Gasteiger partial charge in [-0.2, -0.15) is 0 Å². The van der Waals surface area contributed by atoms with Gasteiger partial charge in [0.1, 0.15) is 12.4 Å². The molecule has 8 nitrogen and oxygen atoms in total. The van der Waals surface area contributed by atoms with E-state index in [0.29, 0.717) is 34.8 Å². The molecule has 0 fully saturated rings. The molecule has 0 saturated heterocycles. The Hall–Kier alpha value is -3.42. The van der Waals surface area contributed by atoms with Crippen molar-refractivity contribution in [2.45, 2.75) is 27.7 Å². The molecule has 1 aliphatic rings. The molecule has 0 aromatic heterocycles. The summed E-state index contributed by atoms with van der Waals surface area (Å²) in [6, 6.07) is 9.34. The monoisotopic (exact) mass is 397 g/mol. The SMILES string of the molecule is CCN1C(=O)C(C)(C)COc2cc(NC(=O)c3ccc([N+](=O)[O-])c(C)c3)ccc21. The van der Waals surface area contributed by atoms with Gasteiger partial charge in [-0.05, 0) is 52.0 Å². The summed E-state index contributed by atoms with van der Waals surface area (Å²) in [6.07, 6.45) is 0. The number of fused-ring (bicyclic) bond motifs is 1. The van der Waals surface area contributed by atoms with Crippen molar-refractivity contribution in [2.24, 2.45) is 5.41 Å².